The third-order valence-electron chi connectivity index (χ3n) is 2.54. The maximum absolute atomic E-state index is 12.0. The van der Waals surface area contributed by atoms with Gasteiger partial charge in [-0.2, -0.15) is 0 Å². The van der Waals surface area contributed by atoms with E-state index < -0.39 is 16.8 Å². The highest BCUT2D eigenvalue weighted by atomic mass is 79.9. The topological polar surface area (TPSA) is 54.4 Å². The number of hydrogen-bond acceptors (Lipinski definition) is 2. The molecule has 0 aliphatic rings. The molecule has 0 saturated heterocycles. The average molecular weight is 333 g/mol. The van der Waals surface area contributed by atoms with Crippen molar-refractivity contribution in [2.75, 3.05) is 5.75 Å². The van der Waals surface area contributed by atoms with Gasteiger partial charge in [0.25, 0.3) is 0 Å². The summed E-state index contributed by atoms with van der Waals surface area (Å²) in [5.74, 6) is 0.170. The van der Waals surface area contributed by atoms with E-state index >= 15 is 0 Å². The molecule has 0 aliphatic carbocycles. The third kappa shape index (κ3) is 4.53. The van der Waals surface area contributed by atoms with Crippen LogP contribution < -0.4 is 0 Å². The molecule has 1 aromatic rings. The fourth-order valence-electron chi connectivity index (χ4n) is 1.55. The van der Waals surface area contributed by atoms with Crippen LogP contribution in [0.1, 0.15) is 37.0 Å². The van der Waals surface area contributed by atoms with Gasteiger partial charge < -0.3 is 5.11 Å². The van der Waals surface area contributed by atoms with Gasteiger partial charge in [0.15, 0.2) is 0 Å². The molecule has 1 aromatic carbocycles. The van der Waals surface area contributed by atoms with Crippen molar-refractivity contribution in [1.29, 1.82) is 0 Å². The van der Waals surface area contributed by atoms with Gasteiger partial charge in [0.2, 0.25) is 0 Å². The maximum Gasteiger partial charge on any atom is 0.336 e. The molecular weight excluding hydrogens is 316 g/mol. The largest absolute Gasteiger partial charge is 0.478 e. The Bertz CT molecular complexity index is 458. The molecule has 0 heterocycles. The average Bonchev–Trinajstić information content (AvgIpc) is 2.28. The van der Waals surface area contributed by atoms with Crippen molar-refractivity contribution in [3.05, 3.63) is 28.2 Å². The lowest BCUT2D eigenvalue weighted by molar-refractivity contribution is 0.0695. The van der Waals surface area contributed by atoms with Gasteiger partial charge >= 0.3 is 5.97 Å². The minimum absolute atomic E-state index is 0.157. The van der Waals surface area contributed by atoms with Gasteiger partial charge in [-0.05, 0) is 46.5 Å². The molecule has 1 atom stereocenters. The molecule has 0 aromatic heterocycles. The van der Waals surface area contributed by atoms with Crippen LogP contribution in [-0.4, -0.2) is 21.0 Å². The van der Waals surface area contributed by atoms with E-state index in [4.69, 9.17) is 5.11 Å². The first-order chi connectivity index (χ1) is 8.41. The summed E-state index contributed by atoms with van der Waals surface area (Å²) < 4.78 is 12.5. The standard InChI is InChI=1S/C13H17BrO3S/c1-9(2)4-3-7-18(17)10-5-6-12(14)11(8-10)13(15)16/h5-6,8-9H,3-4,7H2,1-2H3,(H,15,16). The first kappa shape index (κ1) is 15.4. The van der Waals surface area contributed by atoms with Crippen LogP contribution in [0.15, 0.2) is 27.6 Å². The number of carbonyl (C=O) groups is 1. The Balaban J connectivity index is 2.74. The molecule has 0 spiro atoms. The Morgan fingerprint density at radius 3 is 2.67 bits per heavy atom. The van der Waals surface area contributed by atoms with E-state index in [1.807, 2.05) is 0 Å². The normalized spacial score (nSPS) is 12.7. The van der Waals surface area contributed by atoms with Crippen molar-refractivity contribution < 1.29 is 14.1 Å². The first-order valence-electron chi connectivity index (χ1n) is 5.83. The fourth-order valence-corrected chi connectivity index (χ4v) is 3.10. The van der Waals surface area contributed by atoms with Gasteiger partial charge in [0.05, 0.1) is 16.4 Å². The zero-order valence-corrected chi connectivity index (χ0v) is 12.9. The summed E-state index contributed by atoms with van der Waals surface area (Å²) in [6.45, 7) is 4.26. The fraction of sp³-hybridized carbons (Fsp3) is 0.462. The highest BCUT2D eigenvalue weighted by molar-refractivity contribution is 9.10. The third-order valence-corrected chi connectivity index (χ3v) is 4.67. The lowest BCUT2D eigenvalue weighted by Crippen LogP contribution is -2.03. The van der Waals surface area contributed by atoms with E-state index in [1.54, 1.807) is 12.1 Å². The van der Waals surface area contributed by atoms with Gasteiger partial charge in [-0.1, -0.05) is 20.3 Å². The van der Waals surface area contributed by atoms with E-state index in [1.165, 1.54) is 6.07 Å². The summed E-state index contributed by atoms with van der Waals surface area (Å²) >= 11 is 3.17. The summed E-state index contributed by atoms with van der Waals surface area (Å²) in [4.78, 5) is 11.6. The smallest absolute Gasteiger partial charge is 0.336 e. The van der Waals surface area contributed by atoms with Crippen LogP contribution in [0.25, 0.3) is 0 Å². The summed E-state index contributed by atoms with van der Waals surface area (Å²) in [6, 6.07) is 4.83. The predicted molar refractivity (Wildman–Crippen MR) is 76.4 cm³/mol. The molecule has 0 radical (unpaired) electrons. The molecule has 0 fully saturated rings. The van der Waals surface area contributed by atoms with Crippen LogP contribution in [0.4, 0.5) is 0 Å². The quantitative estimate of drug-likeness (QED) is 0.864. The van der Waals surface area contributed by atoms with Crippen molar-refractivity contribution in [2.45, 2.75) is 31.6 Å². The van der Waals surface area contributed by atoms with Crippen molar-refractivity contribution >= 4 is 32.7 Å². The minimum Gasteiger partial charge on any atom is -0.478 e. The molecule has 3 nitrogen and oxygen atoms in total. The van der Waals surface area contributed by atoms with Crippen molar-refractivity contribution in [3.8, 4) is 0 Å². The van der Waals surface area contributed by atoms with Gasteiger partial charge in [-0.25, -0.2) is 4.79 Å². The van der Waals surface area contributed by atoms with Gasteiger partial charge in [-0.3, -0.25) is 4.21 Å². The Labute approximate surface area is 118 Å². The van der Waals surface area contributed by atoms with E-state index in [2.05, 4.69) is 29.8 Å². The molecule has 18 heavy (non-hydrogen) atoms. The Kier molecular flexibility index (Phi) is 6.02. The van der Waals surface area contributed by atoms with Crippen molar-refractivity contribution in [1.82, 2.24) is 0 Å². The molecular formula is C13H17BrO3S. The van der Waals surface area contributed by atoms with Crippen molar-refractivity contribution in [2.24, 2.45) is 5.92 Å². The Morgan fingerprint density at radius 2 is 2.11 bits per heavy atom. The molecule has 5 heteroatoms. The molecule has 1 rings (SSSR count). The van der Waals surface area contributed by atoms with Gasteiger partial charge in [0, 0.05) is 15.1 Å². The Morgan fingerprint density at radius 1 is 1.44 bits per heavy atom. The molecule has 1 unspecified atom stereocenters. The molecule has 0 saturated carbocycles. The van der Waals surface area contributed by atoms with E-state index in [0.717, 1.165) is 12.8 Å². The highest BCUT2D eigenvalue weighted by Gasteiger charge is 2.12. The second-order valence-electron chi connectivity index (χ2n) is 4.53. The molecule has 0 aliphatic heterocycles. The minimum atomic E-state index is -1.12. The van der Waals surface area contributed by atoms with Crippen LogP contribution in [0, 0.1) is 5.92 Å². The number of aromatic carboxylic acids is 1. The highest BCUT2D eigenvalue weighted by Crippen LogP contribution is 2.21. The summed E-state index contributed by atoms with van der Waals surface area (Å²) in [5, 5.41) is 8.99. The van der Waals surface area contributed by atoms with Gasteiger partial charge in [0.1, 0.15) is 0 Å². The number of benzene rings is 1. The van der Waals surface area contributed by atoms with Crippen LogP contribution in [0.3, 0.4) is 0 Å². The van der Waals surface area contributed by atoms with E-state index in [-0.39, 0.29) is 5.56 Å². The summed E-state index contributed by atoms with van der Waals surface area (Å²) in [5.41, 5.74) is 0.157. The predicted octanol–water partition coefficient (Wildman–Crippen LogP) is 3.69. The number of hydrogen-bond donors (Lipinski definition) is 1. The number of carboxylic acid groups (broad SMARTS) is 1. The zero-order chi connectivity index (χ0) is 13.7. The second-order valence-corrected chi connectivity index (χ2v) is 6.96. The van der Waals surface area contributed by atoms with Crippen molar-refractivity contribution in [3.63, 3.8) is 0 Å². The second kappa shape index (κ2) is 7.04. The van der Waals surface area contributed by atoms with Crippen LogP contribution in [0.2, 0.25) is 0 Å². The van der Waals surface area contributed by atoms with E-state index in [0.29, 0.717) is 21.0 Å². The lowest BCUT2D eigenvalue weighted by Gasteiger charge is -2.06. The molecule has 1 N–H and O–H groups in total. The summed E-state index contributed by atoms with van der Waals surface area (Å²) in [7, 11) is -1.12. The lowest BCUT2D eigenvalue weighted by atomic mass is 10.1. The Hall–Kier alpha value is -0.680. The van der Waals surface area contributed by atoms with Gasteiger partial charge in [-0.15, -0.1) is 0 Å². The molecule has 100 valence electrons. The molecule has 0 bridgehead atoms. The molecule has 0 amide bonds. The zero-order valence-electron chi connectivity index (χ0n) is 10.5. The van der Waals surface area contributed by atoms with E-state index in [9.17, 15) is 9.00 Å². The first-order valence-corrected chi connectivity index (χ1v) is 7.94. The van der Waals surface area contributed by atoms with Crippen LogP contribution in [0.5, 0.6) is 0 Å². The number of rotatable bonds is 6. The van der Waals surface area contributed by atoms with Crippen LogP contribution in [-0.2, 0) is 10.8 Å². The summed E-state index contributed by atoms with van der Waals surface area (Å²) in [6.07, 6.45) is 1.93. The number of halogens is 1. The maximum atomic E-state index is 12.0. The number of carboxylic acids is 1. The monoisotopic (exact) mass is 332 g/mol. The SMILES string of the molecule is CC(C)CCCS(=O)c1ccc(Br)c(C(=O)O)c1. The van der Waals surface area contributed by atoms with Crippen LogP contribution >= 0.6 is 15.9 Å².